The molecule has 0 spiro atoms. The highest BCUT2D eigenvalue weighted by Crippen LogP contribution is 2.08. The molecule has 1 aromatic heterocycles. The van der Waals surface area contributed by atoms with Crippen molar-refractivity contribution in [1.29, 1.82) is 0 Å². The average Bonchev–Trinajstić information content (AvgIpc) is 2.60. The van der Waals surface area contributed by atoms with Crippen molar-refractivity contribution < 1.29 is 18.7 Å². The van der Waals surface area contributed by atoms with Gasteiger partial charge in [0.15, 0.2) is 0 Å². The highest BCUT2D eigenvalue weighted by atomic mass is 32.1. The third kappa shape index (κ3) is 4.19. The van der Waals surface area contributed by atoms with E-state index in [-0.39, 0.29) is 6.42 Å². The number of aryl methyl sites for hydroxylation is 1. The predicted octanol–water partition coefficient (Wildman–Crippen LogP) is 0.736. The van der Waals surface area contributed by atoms with Gasteiger partial charge in [-0.2, -0.15) is 0 Å². The number of aromatic nitrogens is 1. The highest BCUT2D eigenvalue weighted by Gasteiger charge is 2.17. The Bertz CT molecular complexity index is 357. The van der Waals surface area contributed by atoms with Crippen LogP contribution in [0.2, 0.25) is 0 Å². The molecule has 16 heavy (non-hydrogen) atoms. The number of amides is 1. The highest BCUT2D eigenvalue weighted by molar-refractivity contribution is 7.09. The van der Waals surface area contributed by atoms with E-state index in [4.69, 9.17) is 5.11 Å². The van der Waals surface area contributed by atoms with Gasteiger partial charge in [-0.15, -0.1) is 11.3 Å². The van der Waals surface area contributed by atoms with Crippen LogP contribution < -0.4 is 5.32 Å². The first-order valence-electron chi connectivity index (χ1n) is 4.63. The molecule has 0 aliphatic carbocycles. The van der Waals surface area contributed by atoms with Crippen molar-refractivity contribution in [2.24, 2.45) is 0 Å². The molecule has 0 fully saturated rings. The van der Waals surface area contributed by atoms with Gasteiger partial charge in [-0.1, -0.05) is 0 Å². The second kappa shape index (κ2) is 5.86. The third-order valence-corrected chi connectivity index (χ3v) is 2.63. The summed E-state index contributed by atoms with van der Waals surface area (Å²) in [4.78, 5) is 15.3. The summed E-state index contributed by atoms with van der Waals surface area (Å²) in [6, 6.07) is 0. The minimum absolute atomic E-state index is 0.0420. The molecule has 0 aliphatic rings. The van der Waals surface area contributed by atoms with E-state index in [1.54, 1.807) is 5.38 Å². The van der Waals surface area contributed by atoms with Crippen LogP contribution in [0.25, 0.3) is 0 Å². The fourth-order valence-corrected chi connectivity index (χ4v) is 1.64. The lowest BCUT2D eigenvalue weighted by Crippen LogP contribution is -2.36. The number of thiazole rings is 1. The van der Waals surface area contributed by atoms with E-state index in [1.807, 2.05) is 6.92 Å². The number of nitrogens with zero attached hydrogens (tertiary/aromatic N) is 1. The Hall–Kier alpha value is -1.08. The van der Waals surface area contributed by atoms with E-state index in [1.165, 1.54) is 11.3 Å². The lowest BCUT2D eigenvalue weighted by atomic mass is 10.3. The summed E-state index contributed by atoms with van der Waals surface area (Å²) >= 11 is 1.42. The van der Waals surface area contributed by atoms with Gasteiger partial charge in [-0.25, -0.2) is 13.8 Å². The van der Waals surface area contributed by atoms with Crippen LogP contribution in [0.15, 0.2) is 5.38 Å². The van der Waals surface area contributed by atoms with Crippen molar-refractivity contribution in [3.63, 3.8) is 0 Å². The minimum Gasteiger partial charge on any atom is -0.385 e. The second-order valence-corrected chi connectivity index (χ2v) is 4.30. The fraction of sp³-hybridized carbons (Fsp3) is 0.556. The SMILES string of the molecule is Cc1nc(CC(=O)NCC(O)C(F)F)cs1. The lowest BCUT2D eigenvalue weighted by molar-refractivity contribution is -0.121. The summed E-state index contributed by atoms with van der Waals surface area (Å²) < 4.78 is 23.8. The van der Waals surface area contributed by atoms with E-state index in [2.05, 4.69) is 10.3 Å². The predicted molar refractivity (Wildman–Crippen MR) is 55.6 cm³/mol. The first-order chi connectivity index (χ1) is 7.49. The van der Waals surface area contributed by atoms with Gasteiger partial charge in [-0.05, 0) is 6.92 Å². The zero-order valence-corrected chi connectivity index (χ0v) is 9.43. The van der Waals surface area contributed by atoms with E-state index in [9.17, 15) is 13.6 Å². The van der Waals surface area contributed by atoms with Gasteiger partial charge < -0.3 is 10.4 Å². The number of hydrogen-bond acceptors (Lipinski definition) is 4. The number of carbonyl (C=O) groups excluding carboxylic acids is 1. The molecular formula is C9H12F2N2O2S. The maximum absolute atomic E-state index is 11.9. The number of nitrogens with one attached hydrogen (secondary N) is 1. The monoisotopic (exact) mass is 250 g/mol. The minimum atomic E-state index is -2.85. The number of rotatable bonds is 5. The fourth-order valence-electron chi connectivity index (χ4n) is 1.02. The van der Waals surface area contributed by atoms with E-state index >= 15 is 0 Å². The number of aliphatic hydroxyl groups is 1. The molecule has 1 unspecified atom stereocenters. The number of aliphatic hydroxyl groups excluding tert-OH is 1. The largest absolute Gasteiger partial charge is 0.385 e. The zero-order chi connectivity index (χ0) is 12.1. The van der Waals surface area contributed by atoms with Crippen LogP contribution in [-0.4, -0.2) is 35.1 Å². The van der Waals surface area contributed by atoms with Gasteiger partial charge in [0.1, 0.15) is 6.10 Å². The van der Waals surface area contributed by atoms with Crippen LogP contribution >= 0.6 is 11.3 Å². The van der Waals surface area contributed by atoms with E-state index in [0.717, 1.165) is 5.01 Å². The van der Waals surface area contributed by atoms with Crippen LogP contribution in [0.1, 0.15) is 10.7 Å². The van der Waals surface area contributed by atoms with Crippen LogP contribution in [0.3, 0.4) is 0 Å². The summed E-state index contributed by atoms with van der Waals surface area (Å²) in [5.74, 6) is -0.426. The molecule has 90 valence electrons. The molecule has 0 aromatic carbocycles. The number of carbonyl (C=O) groups is 1. The Morgan fingerprint density at radius 1 is 1.69 bits per heavy atom. The Balaban J connectivity index is 2.31. The quantitative estimate of drug-likeness (QED) is 0.810. The maximum atomic E-state index is 11.9. The standard InChI is InChI=1S/C9H12F2N2O2S/c1-5-13-6(4-16-5)2-8(15)12-3-7(14)9(10)11/h4,7,9,14H,2-3H2,1H3,(H,12,15). The summed E-state index contributed by atoms with van der Waals surface area (Å²) in [5, 5.41) is 13.6. The van der Waals surface area contributed by atoms with Crippen LogP contribution in [-0.2, 0) is 11.2 Å². The third-order valence-electron chi connectivity index (χ3n) is 1.81. The van der Waals surface area contributed by atoms with Crippen molar-refractivity contribution in [3.8, 4) is 0 Å². The molecule has 1 rings (SSSR count). The molecule has 1 atom stereocenters. The molecule has 2 N–H and O–H groups in total. The van der Waals surface area contributed by atoms with Gasteiger partial charge in [0.05, 0.1) is 17.1 Å². The molecule has 1 aromatic rings. The molecule has 4 nitrogen and oxygen atoms in total. The molecule has 0 saturated heterocycles. The summed E-state index contributed by atoms with van der Waals surface area (Å²) in [7, 11) is 0. The molecular weight excluding hydrogens is 238 g/mol. The number of alkyl halides is 2. The Morgan fingerprint density at radius 3 is 2.88 bits per heavy atom. The Labute approximate surface area is 95.3 Å². The van der Waals surface area contributed by atoms with Gasteiger partial charge in [0.2, 0.25) is 5.91 Å². The van der Waals surface area contributed by atoms with Crippen molar-refractivity contribution in [2.45, 2.75) is 25.9 Å². The first-order valence-corrected chi connectivity index (χ1v) is 5.51. The number of halogens is 2. The summed E-state index contributed by atoms with van der Waals surface area (Å²) in [6.45, 7) is 1.37. The van der Waals surface area contributed by atoms with Crippen molar-refractivity contribution in [2.75, 3.05) is 6.54 Å². The smallest absolute Gasteiger partial charge is 0.265 e. The maximum Gasteiger partial charge on any atom is 0.265 e. The second-order valence-electron chi connectivity index (χ2n) is 3.24. The molecule has 0 bridgehead atoms. The van der Waals surface area contributed by atoms with Gasteiger partial charge >= 0.3 is 0 Å². The van der Waals surface area contributed by atoms with Crippen molar-refractivity contribution in [3.05, 3.63) is 16.1 Å². The summed E-state index contributed by atoms with van der Waals surface area (Å²) in [6.07, 6.45) is -4.62. The van der Waals surface area contributed by atoms with Crippen LogP contribution in [0.4, 0.5) is 8.78 Å². The summed E-state index contributed by atoms with van der Waals surface area (Å²) in [5.41, 5.74) is 0.603. The topological polar surface area (TPSA) is 62.2 Å². The molecule has 0 saturated carbocycles. The van der Waals surface area contributed by atoms with Crippen LogP contribution in [0.5, 0.6) is 0 Å². The first kappa shape index (κ1) is 13.0. The number of hydrogen-bond donors (Lipinski definition) is 2. The van der Waals surface area contributed by atoms with E-state index < -0.39 is 25.0 Å². The zero-order valence-electron chi connectivity index (χ0n) is 8.61. The van der Waals surface area contributed by atoms with E-state index in [0.29, 0.717) is 5.69 Å². The van der Waals surface area contributed by atoms with Gasteiger partial charge in [0.25, 0.3) is 6.43 Å². The normalized spacial score (nSPS) is 12.8. The Morgan fingerprint density at radius 2 is 2.38 bits per heavy atom. The molecule has 0 radical (unpaired) electrons. The van der Waals surface area contributed by atoms with Crippen molar-refractivity contribution in [1.82, 2.24) is 10.3 Å². The molecule has 0 aliphatic heterocycles. The average molecular weight is 250 g/mol. The Kier molecular flexibility index (Phi) is 4.75. The molecule has 1 amide bonds. The molecule has 7 heteroatoms. The van der Waals surface area contributed by atoms with Gasteiger partial charge in [-0.3, -0.25) is 4.79 Å². The van der Waals surface area contributed by atoms with Gasteiger partial charge in [0, 0.05) is 11.9 Å². The van der Waals surface area contributed by atoms with Crippen molar-refractivity contribution >= 4 is 17.2 Å². The van der Waals surface area contributed by atoms with Crippen LogP contribution in [0, 0.1) is 6.92 Å². The molecule has 1 heterocycles. The lowest BCUT2D eigenvalue weighted by Gasteiger charge is -2.09.